The molecular formula is C15H20N2O. The first-order valence-electron chi connectivity index (χ1n) is 6.62. The van der Waals surface area contributed by atoms with Crippen molar-refractivity contribution in [3.8, 4) is 0 Å². The van der Waals surface area contributed by atoms with E-state index in [4.69, 9.17) is 0 Å². The van der Waals surface area contributed by atoms with Crippen LogP contribution in [-0.4, -0.2) is 16.9 Å². The molecule has 1 amide bonds. The van der Waals surface area contributed by atoms with Gasteiger partial charge in [0.1, 0.15) is 0 Å². The van der Waals surface area contributed by atoms with Gasteiger partial charge in [0.25, 0.3) is 0 Å². The quantitative estimate of drug-likeness (QED) is 0.831. The van der Waals surface area contributed by atoms with Crippen LogP contribution in [0, 0.1) is 5.92 Å². The second kappa shape index (κ2) is 6.34. The maximum atomic E-state index is 11.7. The lowest BCUT2D eigenvalue weighted by molar-refractivity contribution is -0.117. The number of hydrogen-bond acceptors (Lipinski definition) is 2. The van der Waals surface area contributed by atoms with E-state index in [1.807, 2.05) is 12.1 Å². The molecule has 1 aliphatic carbocycles. The number of carbonyl (C=O) groups is 1. The molecule has 0 aliphatic heterocycles. The zero-order valence-electron chi connectivity index (χ0n) is 10.8. The smallest absolute Gasteiger partial charge is 0.244 e. The lowest BCUT2D eigenvalue weighted by atomic mass is 9.87. The number of hydrogen-bond donors (Lipinski definition) is 1. The van der Waals surface area contributed by atoms with Crippen molar-refractivity contribution in [1.82, 2.24) is 10.3 Å². The van der Waals surface area contributed by atoms with Crippen LogP contribution in [-0.2, 0) is 4.79 Å². The fraction of sp³-hybridized carbons (Fsp3) is 0.467. The zero-order chi connectivity index (χ0) is 12.8. The fourth-order valence-electron chi connectivity index (χ4n) is 2.30. The van der Waals surface area contributed by atoms with Crippen molar-refractivity contribution in [2.45, 2.75) is 38.6 Å². The van der Waals surface area contributed by atoms with E-state index in [0.29, 0.717) is 6.04 Å². The van der Waals surface area contributed by atoms with Crippen LogP contribution in [0.4, 0.5) is 0 Å². The van der Waals surface area contributed by atoms with E-state index in [1.54, 1.807) is 24.5 Å². The Morgan fingerprint density at radius 2 is 2.17 bits per heavy atom. The summed E-state index contributed by atoms with van der Waals surface area (Å²) < 4.78 is 0. The van der Waals surface area contributed by atoms with Gasteiger partial charge in [-0.05, 0) is 49.3 Å². The van der Waals surface area contributed by atoms with E-state index < -0.39 is 0 Å². The minimum Gasteiger partial charge on any atom is -0.350 e. The average molecular weight is 244 g/mol. The van der Waals surface area contributed by atoms with E-state index >= 15 is 0 Å². The molecule has 1 aromatic rings. The van der Waals surface area contributed by atoms with Crippen LogP contribution in [0.3, 0.4) is 0 Å². The zero-order valence-corrected chi connectivity index (χ0v) is 10.8. The summed E-state index contributed by atoms with van der Waals surface area (Å²) in [5, 5.41) is 3.06. The highest BCUT2D eigenvalue weighted by Gasteiger charge is 2.18. The number of nitrogens with one attached hydrogen (secondary N) is 1. The molecule has 96 valence electrons. The highest BCUT2D eigenvalue weighted by Crippen LogP contribution is 2.23. The molecule has 0 bridgehead atoms. The van der Waals surface area contributed by atoms with Crippen LogP contribution in [0.25, 0.3) is 6.08 Å². The Hall–Kier alpha value is -1.64. The van der Waals surface area contributed by atoms with Crippen LogP contribution < -0.4 is 5.32 Å². The van der Waals surface area contributed by atoms with Gasteiger partial charge in [-0.3, -0.25) is 9.78 Å². The minimum atomic E-state index is -0.00148. The summed E-state index contributed by atoms with van der Waals surface area (Å²) in [6, 6.07) is 4.14. The second-order valence-electron chi connectivity index (χ2n) is 5.09. The molecule has 2 rings (SSSR count). The summed E-state index contributed by atoms with van der Waals surface area (Å²) in [7, 11) is 0. The number of carbonyl (C=O) groups excluding carboxylic acids is 1. The first-order valence-corrected chi connectivity index (χ1v) is 6.62. The van der Waals surface area contributed by atoms with Gasteiger partial charge in [-0.1, -0.05) is 13.0 Å². The van der Waals surface area contributed by atoms with E-state index in [9.17, 15) is 4.79 Å². The number of amides is 1. The van der Waals surface area contributed by atoms with Crippen molar-refractivity contribution < 1.29 is 4.79 Å². The first kappa shape index (κ1) is 12.8. The Bertz CT molecular complexity index is 406. The van der Waals surface area contributed by atoms with Gasteiger partial charge in [0.2, 0.25) is 5.91 Å². The molecule has 3 nitrogen and oxygen atoms in total. The van der Waals surface area contributed by atoms with E-state index in [2.05, 4.69) is 17.2 Å². The SMILES string of the molecule is CC1CCC(NC(=O)/C=C/c2cccnc2)CC1. The number of pyridine rings is 1. The summed E-state index contributed by atoms with van der Waals surface area (Å²) in [5.74, 6) is 0.808. The van der Waals surface area contributed by atoms with E-state index in [0.717, 1.165) is 24.3 Å². The van der Waals surface area contributed by atoms with E-state index in [-0.39, 0.29) is 5.91 Å². The predicted octanol–water partition coefficient (Wildman–Crippen LogP) is 2.79. The molecule has 0 unspecified atom stereocenters. The van der Waals surface area contributed by atoms with Gasteiger partial charge in [0, 0.05) is 24.5 Å². The summed E-state index contributed by atoms with van der Waals surface area (Å²) >= 11 is 0. The topological polar surface area (TPSA) is 42.0 Å². The standard InChI is InChI=1S/C15H20N2O/c1-12-4-7-14(8-5-12)17-15(18)9-6-13-3-2-10-16-11-13/h2-3,6,9-12,14H,4-5,7-8H2,1H3,(H,17,18)/b9-6+. The molecule has 0 atom stereocenters. The van der Waals surface area contributed by atoms with Crippen molar-refractivity contribution in [2.75, 3.05) is 0 Å². The van der Waals surface area contributed by atoms with Crippen molar-refractivity contribution in [3.63, 3.8) is 0 Å². The molecule has 3 heteroatoms. The Labute approximate surface area is 108 Å². The molecule has 1 N–H and O–H groups in total. The Morgan fingerprint density at radius 1 is 1.39 bits per heavy atom. The fourth-order valence-corrected chi connectivity index (χ4v) is 2.30. The van der Waals surface area contributed by atoms with Gasteiger partial charge in [-0.15, -0.1) is 0 Å². The molecular weight excluding hydrogens is 224 g/mol. The molecule has 1 aromatic heterocycles. The summed E-state index contributed by atoms with van der Waals surface area (Å²) in [6.07, 6.45) is 11.5. The lowest BCUT2D eigenvalue weighted by Crippen LogP contribution is -2.36. The van der Waals surface area contributed by atoms with Crippen molar-refractivity contribution in [3.05, 3.63) is 36.2 Å². The van der Waals surface area contributed by atoms with Crippen molar-refractivity contribution in [1.29, 1.82) is 0 Å². The predicted molar refractivity (Wildman–Crippen MR) is 72.8 cm³/mol. The van der Waals surface area contributed by atoms with E-state index in [1.165, 1.54) is 12.8 Å². The maximum Gasteiger partial charge on any atom is 0.244 e. The van der Waals surface area contributed by atoms with Crippen LogP contribution >= 0.6 is 0 Å². The molecule has 0 saturated heterocycles. The molecule has 1 saturated carbocycles. The normalized spacial score (nSPS) is 24.1. The average Bonchev–Trinajstić information content (AvgIpc) is 2.40. The third kappa shape index (κ3) is 3.99. The summed E-state index contributed by atoms with van der Waals surface area (Å²) in [6.45, 7) is 2.28. The van der Waals surface area contributed by atoms with Crippen LogP contribution in [0.15, 0.2) is 30.6 Å². The van der Waals surface area contributed by atoms with Gasteiger partial charge in [0.05, 0.1) is 0 Å². The van der Waals surface area contributed by atoms with Gasteiger partial charge < -0.3 is 5.32 Å². The third-order valence-corrected chi connectivity index (χ3v) is 3.47. The Balaban J connectivity index is 1.80. The molecule has 1 aliphatic rings. The Kier molecular flexibility index (Phi) is 4.51. The molecule has 18 heavy (non-hydrogen) atoms. The summed E-state index contributed by atoms with van der Waals surface area (Å²) in [5.41, 5.74) is 0.949. The largest absolute Gasteiger partial charge is 0.350 e. The first-order chi connectivity index (χ1) is 8.74. The molecule has 1 fully saturated rings. The lowest BCUT2D eigenvalue weighted by Gasteiger charge is -2.26. The highest BCUT2D eigenvalue weighted by atomic mass is 16.1. The highest BCUT2D eigenvalue weighted by molar-refractivity contribution is 5.91. The molecule has 0 aromatic carbocycles. The minimum absolute atomic E-state index is 0.00148. The number of nitrogens with zero attached hydrogens (tertiary/aromatic N) is 1. The molecule has 1 heterocycles. The van der Waals surface area contributed by atoms with Crippen LogP contribution in [0.5, 0.6) is 0 Å². The Morgan fingerprint density at radius 3 is 2.83 bits per heavy atom. The second-order valence-corrected chi connectivity index (χ2v) is 5.09. The van der Waals surface area contributed by atoms with Gasteiger partial charge in [-0.2, -0.15) is 0 Å². The monoisotopic (exact) mass is 244 g/mol. The van der Waals surface area contributed by atoms with Gasteiger partial charge in [0.15, 0.2) is 0 Å². The van der Waals surface area contributed by atoms with Crippen molar-refractivity contribution in [2.24, 2.45) is 5.92 Å². The molecule has 0 spiro atoms. The summed E-state index contributed by atoms with van der Waals surface area (Å²) in [4.78, 5) is 15.8. The van der Waals surface area contributed by atoms with Gasteiger partial charge in [-0.25, -0.2) is 0 Å². The number of rotatable bonds is 3. The van der Waals surface area contributed by atoms with Crippen molar-refractivity contribution >= 4 is 12.0 Å². The van der Waals surface area contributed by atoms with Crippen LogP contribution in [0.1, 0.15) is 38.2 Å². The maximum absolute atomic E-state index is 11.7. The number of aromatic nitrogens is 1. The van der Waals surface area contributed by atoms with Crippen LogP contribution in [0.2, 0.25) is 0 Å². The molecule has 0 radical (unpaired) electrons. The third-order valence-electron chi connectivity index (χ3n) is 3.47. The van der Waals surface area contributed by atoms with Gasteiger partial charge >= 0.3 is 0 Å².